The van der Waals surface area contributed by atoms with Crippen molar-refractivity contribution in [1.82, 2.24) is 15.1 Å². The molecule has 1 unspecified atom stereocenters. The lowest BCUT2D eigenvalue weighted by molar-refractivity contribution is 0.181. The van der Waals surface area contributed by atoms with Gasteiger partial charge in [-0.3, -0.25) is 4.68 Å². The summed E-state index contributed by atoms with van der Waals surface area (Å²) in [4.78, 5) is 0. The van der Waals surface area contributed by atoms with E-state index in [0.717, 1.165) is 49.1 Å². The minimum Gasteiger partial charge on any atom is -0.393 e. The van der Waals surface area contributed by atoms with E-state index in [-0.39, 0.29) is 6.10 Å². The highest BCUT2D eigenvalue weighted by Crippen LogP contribution is 2.22. The number of aliphatic hydroxyl groups is 1. The minimum absolute atomic E-state index is 0.202. The smallest absolute Gasteiger partial charge is 0.0767 e. The third kappa shape index (κ3) is 4.37. The van der Waals surface area contributed by atoms with Crippen molar-refractivity contribution in [2.45, 2.75) is 59.2 Å². The third-order valence-electron chi connectivity index (χ3n) is 2.96. The number of aromatic nitrogens is 2. The first-order chi connectivity index (χ1) is 8.60. The van der Waals surface area contributed by atoms with Crippen LogP contribution in [-0.2, 0) is 19.5 Å². The average Bonchev–Trinajstić information content (AvgIpc) is 2.65. The lowest BCUT2D eigenvalue weighted by atomic mass is 10.2. The van der Waals surface area contributed by atoms with E-state index in [1.165, 1.54) is 5.69 Å². The molecule has 4 nitrogen and oxygen atoms in total. The fourth-order valence-corrected chi connectivity index (χ4v) is 2.62. The Morgan fingerprint density at radius 2 is 2.17 bits per heavy atom. The molecule has 0 amide bonds. The van der Waals surface area contributed by atoms with Crippen molar-refractivity contribution in [2.24, 2.45) is 0 Å². The summed E-state index contributed by atoms with van der Waals surface area (Å²) in [6.07, 6.45) is 2.59. The van der Waals surface area contributed by atoms with Gasteiger partial charge in [-0.2, -0.15) is 5.10 Å². The first kappa shape index (κ1) is 15.7. The fourth-order valence-electron chi connectivity index (χ4n) is 1.92. The van der Waals surface area contributed by atoms with Crippen molar-refractivity contribution in [2.75, 3.05) is 6.54 Å². The zero-order chi connectivity index (χ0) is 13.5. The van der Waals surface area contributed by atoms with Crippen LogP contribution in [0.15, 0.2) is 4.47 Å². The lowest BCUT2D eigenvalue weighted by Crippen LogP contribution is -2.19. The van der Waals surface area contributed by atoms with Gasteiger partial charge in [-0.25, -0.2) is 0 Å². The molecule has 0 aliphatic heterocycles. The molecule has 0 aliphatic rings. The molecule has 0 saturated carbocycles. The molecule has 0 fully saturated rings. The Morgan fingerprint density at radius 1 is 1.44 bits per heavy atom. The summed E-state index contributed by atoms with van der Waals surface area (Å²) in [5.41, 5.74) is 2.34. The number of hydrogen-bond acceptors (Lipinski definition) is 3. The van der Waals surface area contributed by atoms with Crippen LogP contribution in [0.4, 0.5) is 0 Å². The minimum atomic E-state index is -0.202. The molecule has 1 atom stereocenters. The maximum Gasteiger partial charge on any atom is 0.0767 e. The monoisotopic (exact) mass is 317 g/mol. The summed E-state index contributed by atoms with van der Waals surface area (Å²) < 4.78 is 3.18. The topological polar surface area (TPSA) is 50.1 Å². The third-order valence-corrected chi connectivity index (χ3v) is 3.88. The van der Waals surface area contributed by atoms with Gasteiger partial charge in [-0.15, -0.1) is 0 Å². The maximum absolute atomic E-state index is 9.18. The molecule has 18 heavy (non-hydrogen) atoms. The van der Waals surface area contributed by atoms with E-state index in [1.807, 2.05) is 11.6 Å². The van der Waals surface area contributed by atoms with Crippen LogP contribution in [0.5, 0.6) is 0 Å². The van der Waals surface area contributed by atoms with Crippen LogP contribution in [0.25, 0.3) is 0 Å². The number of hydrogen-bond donors (Lipinski definition) is 2. The van der Waals surface area contributed by atoms with E-state index >= 15 is 0 Å². The first-order valence-electron chi connectivity index (χ1n) is 6.72. The second kappa shape index (κ2) is 7.92. The first-order valence-corrected chi connectivity index (χ1v) is 7.52. The van der Waals surface area contributed by atoms with Gasteiger partial charge >= 0.3 is 0 Å². The molecular formula is C13H24BrN3O. The second-order valence-electron chi connectivity index (χ2n) is 4.54. The van der Waals surface area contributed by atoms with Crippen molar-refractivity contribution in [3.8, 4) is 0 Å². The Bertz CT molecular complexity index is 363. The molecule has 0 spiro atoms. The standard InChI is InChI=1S/C13H24BrN3O/c1-4-11-13(14)12(17(5-2)16-11)9-15-8-6-7-10(3)18/h10,15,18H,4-9H2,1-3H3. The maximum atomic E-state index is 9.18. The SMILES string of the molecule is CCc1nn(CC)c(CNCCCC(C)O)c1Br. The van der Waals surface area contributed by atoms with Gasteiger partial charge in [0.25, 0.3) is 0 Å². The lowest BCUT2D eigenvalue weighted by Gasteiger charge is -2.08. The Balaban J connectivity index is 2.48. The Morgan fingerprint density at radius 3 is 2.72 bits per heavy atom. The zero-order valence-electron chi connectivity index (χ0n) is 11.5. The van der Waals surface area contributed by atoms with E-state index in [1.54, 1.807) is 0 Å². The van der Waals surface area contributed by atoms with E-state index in [4.69, 9.17) is 0 Å². The van der Waals surface area contributed by atoms with Crippen LogP contribution in [0.3, 0.4) is 0 Å². The summed E-state index contributed by atoms with van der Waals surface area (Å²) in [6.45, 7) is 8.69. The van der Waals surface area contributed by atoms with Crippen LogP contribution in [0.2, 0.25) is 0 Å². The summed E-state index contributed by atoms with van der Waals surface area (Å²) in [5.74, 6) is 0. The molecule has 0 bridgehead atoms. The van der Waals surface area contributed by atoms with E-state index < -0.39 is 0 Å². The number of aryl methyl sites for hydroxylation is 2. The highest BCUT2D eigenvalue weighted by Gasteiger charge is 2.12. The van der Waals surface area contributed by atoms with E-state index in [2.05, 4.69) is 40.2 Å². The fraction of sp³-hybridized carbons (Fsp3) is 0.769. The van der Waals surface area contributed by atoms with Gasteiger partial charge in [0.2, 0.25) is 0 Å². The molecule has 2 N–H and O–H groups in total. The van der Waals surface area contributed by atoms with Crippen LogP contribution >= 0.6 is 15.9 Å². The van der Waals surface area contributed by atoms with Gasteiger partial charge in [-0.1, -0.05) is 6.92 Å². The molecule has 1 aromatic heterocycles. The van der Waals surface area contributed by atoms with Crippen molar-refractivity contribution in [1.29, 1.82) is 0 Å². The Labute approximate surface area is 118 Å². The van der Waals surface area contributed by atoms with Crippen molar-refractivity contribution in [3.63, 3.8) is 0 Å². The van der Waals surface area contributed by atoms with Crippen LogP contribution in [0, 0.1) is 0 Å². The van der Waals surface area contributed by atoms with Crippen molar-refractivity contribution in [3.05, 3.63) is 15.9 Å². The van der Waals surface area contributed by atoms with Gasteiger partial charge in [0, 0.05) is 13.1 Å². The molecule has 5 heteroatoms. The zero-order valence-corrected chi connectivity index (χ0v) is 13.1. The summed E-state index contributed by atoms with van der Waals surface area (Å²) >= 11 is 3.63. The second-order valence-corrected chi connectivity index (χ2v) is 5.34. The quantitative estimate of drug-likeness (QED) is 0.724. The molecular weight excluding hydrogens is 294 g/mol. The average molecular weight is 318 g/mol. The predicted octanol–water partition coefficient (Wildman–Crippen LogP) is 2.48. The molecule has 0 aromatic carbocycles. The van der Waals surface area contributed by atoms with Crippen molar-refractivity contribution < 1.29 is 5.11 Å². The molecule has 0 radical (unpaired) electrons. The highest BCUT2D eigenvalue weighted by atomic mass is 79.9. The highest BCUT2D eigenvalue weighted by molar-refractivity contribution is 9.10. The molecule has 1 aromatic rings. The largest absolute Gasteiger partial charge is 0.393 e. The molecule has 0 saturated heterocycles. The van der Waals surface area contributed by atoms with E-state index in [0.29, 0.717) is 0 Å². The number of halogens is 1. The molecule has 0 aliphatic carbocycles. The van der Waals surface area contributed by atoms with Gasteiger partial charge < -0.3 is 10.4 Å². The normalized spacial score (nSPS) is 12.9. The predicted molar refractivity (Wildman–Crippen MR) is 77.6 cm³/mol. The van der Waals surface area contributed by atoms with E-state index in [9.17, 15) is 5.11 Å². The summed E-state index contributed by atoms with van der Waals surface area (Å²) in [6, 6.07) is 0. The van der Waals surface area contributed by atoms with Crippen LogP contribution < -0.4 is 5.32 Å². The van der Waals surface area contributed by atoms with Gasteiger partial charge in [-0.05, 0) is 55.6 Å². The van der Waals surface area contributed by atoms with Gasteiger partial charge in [0.1, 0.15) is 0 Å². The summed E-state index contributed by atoms with van der Waals surface area (Å²) in [7, 11) is 0. The molecule has 104 valence electrons. The molecule has 1 heterocycles. The Kier molecular flexibility index (Phi) is 6.89. The van der Waals surface area contributed by atoms with Gasteiger partial charge in [0.05, 0.1) is 22.0 Å². The Hall–Kier alpha value is -0.390. The summed E-state index contributed by atoms with van der Waals surface area (Å²) in [5, 5.41) is 17.2. The van der Waals surface area contributed by atoms with Gasteiger partial charge in [0.15, 0.2) is 0 Å². The molecule has 1 rings (SSSR count). The number of rotatable bonds is 8. The number of nitrogens with one attached hydrogen (secondary N) is 1. The number of aliphatic hydroxyl groups excluding tert-OH is 1. The van der Waals surface area contributed by atoms with Crippen LogP contribution in [0.1, 0.15) is 45.0 Å². The van der Waals surface area contributed by atoms with Crippen molar-refractivity contribution >= 4 is 15.9 Å². The van der Waals surface area contributed by atoms with Crippen LogP contribution in [-0.4, -0.2) is 27.5 Å². The number of nitrogens with zero attached hydrogens (tertiary/aromatic N) is 2.